The molecule has 6 heteroatoms. The Kier molecular flexibility index (Phi) is 3.81. The molecule has 0 aliphatic rings. The molecule has 1 unspecified atom stereocenters. The number of alkyl halides is 1. The minimum Gasteiger partial charge on any atom is -0.467 e. The maximum atomic E-state index is 11.7. The van der Waals surface area contributed by atoms with E-state index in [9.17, 15) is 4.79 Å². The predicted octanol–water partition coefficient (Wildman–Crippen LogP) is 1.95. The number of methoxy groups -OCH3 is 1. The number of aryl methyl sites for hydroxylation is 1. The Bertz CT molecular complexity index is 567. The molecule has 2 aromatic rings. The number of imidazole rings is 1. The number of hydrogen-bond donors (Lipinski definition) is 0. The van der Waals surface area contributed by atoms with Crippen molar-refractivity contribution in [1.29, 1.82) is 0 Å². The highest BCUT2D eigenvalue weighted by atomic mass is 35.5. The van der Waals surface area contributed by atoms with E-state index < -0.39 is 6.04 Å². The van der Waals surface area contributed by atoms with Crippen molar-refractivity contribution in [2.24, 2.45) is 0 Å². The molecule has 0 spiro atoms. The normalized spacial score (nSPS) is 12.6. The maximum Gasteiger partial charge on any atom is 0.328 e. The molecule has 1 atom stereocenters. The first kappa shape index (κ1) is 12.8. The molecule has 2 rings (SSSR count). The van der Waals surface area contributed by atoms with Crippen LogP contribution in [0.25, 0.3) is 11.2 Å². The molecular formula is C12H14ClN3O2. The molecule has 96 valence electrons. The predicted molar refractivity (Wildman–Crippen MR) is 68.7 cm³/mol. The summed E-state index contributed by atoms with van der Waals surface area (Å²) in [6, 6.07) is 3.21. The molecule has 5 nitrogen and oxygen atoms in total. The smallest absolute Gasteiger partial charge is 0.328 e. The number of ether oxygens (including phenoxy) is 1. The fourth-order valence-electron chi connectivity index (χ4n) is 1.92. The van der Waals surface area contributed by atoms with Gasteiger partial charge in [-0.2, -0.15) is 0 Å². The van der Waals surface area contributed by atoms with Crippen LogP contribution in [0.15, 0.2) is 18.3 Å². The Morgan fingerprint density at radius 3 is 3.06 bits per heavy atom. The van der Waals surface area contributed by atoms with Gasteiger partial charge >= 0.3 is 5.97 Å². The van der Waals surface area contributed by atoms with Gasteiger partial charge in [-0.05, 0) is 19.1 Å². The highest BCUT2D eigenvalue weighted by molar-refractivity contribution is 6.17. The zero-order chi connectivity index (χ0) is 13.1. The van der Waals surface area contributed by atoms with E-state index >= 15 is 0 Å². The lowest BCUT2D eigenvalue weighted by Gasteiger charge is -2.14. The number of carbonyl (C=O) groups is 1. The average molecular weight is 268 g/mol. The summed E-state index contributed by atoms with van der Waals surface area (Å²) >= 11 is 5.76. The van der Waals surface area contributed by atoms with Gasteiger partial charge in [-0.1, -0.05) is 0 Å². The summed E-state index contributed by atoms with van der Waals surface area (Å²) in [6.07, 6.45) is 2.26. The molecule has 0 radical (unpaired) electrons. The molecule has 0 aliphatic carbocycles. The average Bonchev–Trinajstić information content (AvgIpc) is 2.75. The highest BCUT2D eigenvalue weighted by Gasteiger charge is 2.22. The summed E-state index contributed by atoms with van der Waals surface area (Å²) in [6.45, 7) is 1.76. The first-order valence-corrected chi connectivity index (χ1v) is 6.18. The summed E-state index contributed by atoms with van der Waals surface area (Å²) in [5, 5.41) is 0. The topological polar surface area (TPSA) is 57.0 Å². The lowest BCUT2D eigenvalue weighted by atomic mass is 10.3. The van der Waals surface area contributed by atoms with Crippen molar-refractivity contribution in [2.75, 3.05) is 13.0 Å². The van der Waals surface area contributed by atoms with E-state index in [1.165, 1.54) is 7.11 Å². The van der Waals surface area contributed by atoms with Gasteiger partial charge in [-0.3, -0.25) is 4.57 Å². The maximum absolute atomic E-state index is 11.7. The van der Waals surface area contributed by atoms with Crippen LogP contribution in [0.5, 0.6) is 0 Å². The fourth-order valence-corrected chi connectivity index (χ4v) is 2.09. The summed E-state index contributed by atoms with van der Waals surface area (Å²) < 4.78 is 6.55. The van der Waals surface area contributed by atoms with Gasteiger partial charge in [0.15, 0.2) is 5.65 Å². The minimum absolute atomic E-state index is 0.323. The number of halogens is 1. The summed E-state index contributed by atoms with van der Waals surface area (Å²) in [5.41, 5.74) is 1.43. The number of aromatic nitrogens is 3. The van der Waals surface area contributed by atoms with Crippen LogP contribution >= 0.6 is 11.6 Å². The van der Waals surface area contributed by atoms with Gasteiger partial charge in [0.05, 0.1) is 7.11 Å². The van der Waals surface area contributed by atoms with Gasteiger partial charge < -0.3 is 4.74 Å². The van der Waals surface area contributed by atoms with Crippen LogP contribution in [0.4, 0.5) is 0 Å². The lowest BCUT2D eigenvalue weighted by molar-refractivity contribution is -0.144. The largest absolute Gasteiger partial charge is 0.467 e. The molecule has 0 amide bonds. The van der Waals surface area contributed by atoms with Crippen molar-refractivity contribution in [3.8, 4) is 0 Å². The SMILES string of the molecule is COC(=O)C(C)n1c(CCCl)nc2cccnc21. The molecule has 0 N–H and O–H groups in total. The molecule has 18 heavy (non-hydrogen) atoms. The molecule has 0 aliphatic heterocycles. The molecular weight excluding hydrogens is 254 g/mol. The number of rotatable bonds is 4. The molecule has 2 aromatic heterocycles. The quantitative estimate of drug-likeness (QED) is 0.628. The van der Waals surface area contributed by atoms with Crippen molar-refractivity contribution in [3.05, 3.63) is 24.2 Å². The van der Waals surface area contributed by atoms with Crippen LogP contribution in [0, 0.1) is 0 Å². The molecule has 2 heterocycles. The van der Waals surface area contributed by atoms with Gasteiger partial charge in [0.25, 0.3) is 0 Å². The van der Waals surface area contributed by atoms with Crippen LogP contribution in [-0.2, 0) is 16.0 Å². The summed E-state index contributed by atoms with van der Waals surface area (Å²) in [4.78, 5) is 20.4. The second-order valence-electron chi connectivity index (χ2n) is 3.88. The highest BCUT2D eigenvalue weighted by Crippen LogP contribution is 2.20. The number of pyridine rings is 1. The van der Waals surface area contributed by atoms with Crippen LogP contribution in [0.1, 0.15) is 18.8 Å². The third kappa shape index (κ3) is 2.18. The minimum atomic E-state index is -0.465. The van der Waals surface area contributed by atoms with Gasteiger partial charge in [0.2, 0.25) is 0 Å². The lowest BCUT2D eigenvalue weighted by Crippen LogP contribution is -2.20. The number of hydrogen-bond acceptors (Lipinski definition) is 4. The molecule has 0 saturated heterocycles. The van der Waals surface area contributed by atoms with E-state index in [0.717, 1.165) is 11.3 Å². The Balaban J connectivity index is 2.57. The molecule has 0 saturated carbocycles. The standard InChI is InChI=1S/C12H14ClN3O2/c1-8(12(17)18-2)16-10(5-6-13)15-9-4-3-7-14-11(9)16/h3-4,7-8H,5-6H2,1-2H3. The summed E-state index contributed by atoms with van der Waals surface area (Å²) in [5.74, 6) is 0.865. The summed E-state index contributed by atoms with van der Waals surface area (Å²) in [7, 11) is 1.37. The van der Waals surface area contributed by atoms with Crippen LogP contribution in [0.3, 0.4) is 0 Å². The van der Waals surface area contributed by atoms with E-state index in [4.69, 9.17) is 16.3 Å². The second kappa shape index (κ2) is 5.35. The van der Waals surface area contributed by atoms with Crippen LogP contribution < -0.4 is 0 Å². The van der Waals surface area contributed by atoms with Crippen molar-refractivity contribution in [2.45, 2.75) is 19.4 Å². The Morgan fingerprint density at radius 1 is 1.61 bits per heavy atom. The third-order valence-electron chi connectivity index (χ3n) is 2.77. The monoisotopic (exact) mass is 267 g/mol. The number of nitrogens with zero attached hydrogens (tertiary/aromatic N) is 3. The van der Waals surface area contributed by atoms with Gasteiger partial charge in [0, 0.05) is 18.5 Å². The van der Waals surface area contributed by atoms with Crippen LogP contribution in [0.2, 0.25) is 0 Å². The Labute approximate surface area is 110 Å². The zero-order valence-corrected chi connectivity index (χ0v) is 11.0. The van der Waals surface area contributed by atoms with E-state index in [1.54, 1.807) is 17.7 Å². The van der Waals surface area contributed by atoms with Crippen molar-refractivity contribution < 1.29 is 9.53 Å². The first-order chi connectivity index (χ1) is 8.69. The van der Waals surface area contributed by atoms with E-state index in [-0.39, 0.29) is 5.97 Å². The number of carbonyl (C=O) groups excluding carboxylic acids is 1. The van der Waals surface area contributed by atoms with E-state index in [0.29, 0.717) is 17.9 Å². The Morgan fingerprint density at radius 2 is 2.39 bits per heavy atom. The zero-order valence-electron chi connectivity index (χ0n) is 10.3. The first-order valence-electron chi connectivity index (χ1n) is 5.64. The molecule has 0 fully saturated rings. The van der Waals surface area contributed by atoms with Gasteiger partial charge in [-0.15, -0.1) is 11.6 Å². The second-order valence-corrected chi connectivity index (χ2v) is 4.26. The van der Waals surface area contributed by atoms with Gasteiger partial charge in [0.1, 0.15) is 17.4 Å². The third-order valence-corrected chi connectivity index (χ3v) is 2.96. The molecule has 0 bridgehead atoms. The molecule has 0 aromatic carbocycles. The van der Waals surface area contributed by atoms with Crippen LogP contribution in [-0.4, -0.2) is 33.5 Å². The van der Waals surface area contributed by atoms with Crippen molar-refractivity contribution in [3.63, 3.8) is 0 Å². The fraction of sp³-hybridized carbons (Fsp3) is 0.417. The van der Waals surface area contributed by atoms with Crippen molar-refractivity contribution in [1.82, 2.24) is 14.5 Å². The number of fused-ring (bicyclic) bond motifs is 1. The van der Waals surface area contributed by atoms with E-state index in [2.05, 4.69) is 9.97 Å². The number of esters is 1. The van der Waals surface area contributed by atoms with E-state index in [1.807, 2.05) is 12.1 Å². The van der Waals surface area contributed by atoms with Gasteiger partial charge in [-0.25, -0.2) is 14.8 Å². The Hall–Kier alpha value is -1.62. The van der Waals surface area contributed by atoms with Crippen molar-refractivity contribution >= 4 is 28.7 Å².